The number of nitrogens with zero attached hydrogens (tertiary/aromatic N) is 6. The monoisotopic (exact) mass is 712 g/mol. The maximum absolute atomic E-state index is 14.2. The van der Waals surface area contributed by atoms with Crippen molar-refractivity contribution in [2.24, 2.45) is 31.6 Å². The number of aliphatic imine (C=N–C) groups is 1. The summed E-state index contributed by atoms with van der Waals surface area (Å²) in [7, 11) is 0. The van der Waals surface area contributed by atoms with Gasteiger partial charge in [-0.1, -0.05) is 172 Å². The highest BCUT2D eigenvalue weighted by molar-refractivity contribution is 6.08. The van der Waals surface area contributed by atoms with Crippen LogP contribution in [0.25, 0.3) is 11.1 Å². The molecule has 0 N–H and O–H groups in total. The van der Waals surface area contributed by atoms with Crippen LogP contribution < -0.4 is 0 Å². The van der Waals surface area contributed by atoms with E-state index in [-0.39, 0.29) is 5.91 Å². The van der Waals surface area contributed by atoms with Crippen LogP contribution in [-0.4, -0.2) is 22.2 Å². The summed E-state index contributed by atoms with van der Waals surface area (Å²) in [6, 6.07) is 48.4. The average molecular weight is 713 g/mol. The molecule has 2 heterocycles. The Kier molecular flexibility index (Phi) is 9.89. The molecule has 0 saturated heterocycles. The number of amidine groups is 1. The van der Waals surface area contributed by atoms with E-state index >= 15 is 0 Å². The van der Waals surface area contributed by atoms with Crippen LogP contribution in [0.4, 0.5) is 0 Å². The maximum atomic E-state index is 14.2. The van der Waals surface area contributed by atoms with Crippen LogP contribution in [0, 0.1) is 5.92 Å². The Morgan fingerprint density at radius 2 is 1.22 bits per heavy atom. The Morgan fingerprint density at radius 3 is 1.78 bits per heavy atom. The molecule has 1 fully saturated rings. The molecule has 1 aliphatic carbocycles. The van der Waals surface area contributed by atoms with E-state index in [1.54, 1.807) is 0 Å². The largest absolute Gasteiger partial charge is 0.294 e. The minimum atomic E-state index is -1.28. The molecule has 7 heteroatoms. The molecule has 272 valence electrons. The van der Waals surface area contributed by atoms with Crippen LogP contribution in [0.3, 0.4) is 0 Å². The van der Waals surface area contributed by atoms with Gasteiger partial charge < -0.3 is 0 Å². The van der Waals surface area contributed by atoms with Crippen LogP contribution in [0.1, 0.15) is 93.0 Å². The first kappa shape index (κ1) is 35.5. The van der Waals surface area contributed by atoms with Crippen LogP contribution >= 0.6 is 0 Å². The second-order valence-electron chi connectivity index (χ2n) is 15.1. The zero-order valence-electron chi connectivity index (χ0n) is 31.3. The number of hydrogen-bond acceptors (Lipinski definition) is 6. The Hall–Kier alpha value is -5.56. The quantitative estimate of drug-likeness (QED) is 0.119. The first-order valence-electron chi connectivity index (χ1n) is 19.6. The zero-order chi connectivity index (χ0) is 37.0. The third-order valence-corrected chi connectivity index (χ3v) is 12.0. The summed E-state index contributed by atoms with van der Waals surface area (Å²) in [6.45, 7) is 4.79. The predicted molar refractivity (Wildman–Crippen MR) is 215 cm³/mol. The van der Waals surface area contributed by atoms with E-state index in [9.17, 15) is 4.79 Å². The average Bonchev–Trinajstić information content (AvgIpc) is 3.83. The van der Waals surface area contributed by atoms with Gasteiger partial charge in [0.1, 0.15) is 11.4 Å². The molecule has 1 unspecified atom stereocenters. The number of rotatable bonds is 12. The highest BCUT2D eigenvalue weighted by Gasteiger charge is 2.60. The van der Waals surface area contributed by atoms with Crippen molar-refractivity contribution >= 4 is 11.7 Å². The second kappa shape index (κ2) is 15.1. The highest BCUT2D eigenvalue weighted by atomic mass is 16.2. The Labute approximate surface area is 319 Å². The van der Waals surface area contributed by atoms with Gasteiger partial charge in [0.25, 0.3) is 5.91 Å². The first-order chi connectivity index (χ1) is 26.5. The van der Waals surface area contributed by atoms with Crippen molar-refractivity contribution in [1.29, 1.82) is 0 Å². The minimum absolute atomic E-state index is 0.160. The van der Waals surface area contributed by atoms with E-state index < -0.39 is 16.6 Å². The van der Waals surface area contributed by atoms with Gasteiger partial charge in [0.05, 0.1) is 12.0 Å². The van der Waals surface area contributed by atoms with E-state index in [2.05, 4.69) is 140 Å². The van der Waals surface area contributed by atoms with Crippen molar-refractivity contribution in [2.45, 2.75) is 88.4 Å². The molecular weight excluding hydrogens is 665 g/mol. The summed E-state index contributed by atoms with van der Waals surface area (Å²) in [6.07, 6.45) is 8.69. The van der Waals surface area contributed by atoms with E-state index in [0.717, 1.165) is 76.9 Å². The Morgan fingerprint density at radius 1 is 0.685 bits per heavy atom. The van der Waals surface area contributed by atoms with Crippen molar-refractivity contribution < 1.29 is 4.79 Å². The number of benzene rings is 5. The smallest absolute Gasteiger partial charge is 0.256 e. The highest BCUT2D eigenvalue weighted by Crippen LogP contribution is 2.58. The van der Waals surface area contributed by atoms with E-state index in [0.29, 0.717) is 12.5 Å². The molecule has 0 aromatic heterocycles. The molecule has 8 rings (SSSR count). The summed E-state index contributed by atoms with van der Waals surface area (Å²) in [5, 5.41) is 18.6. The third-order valence-electron chi connectivity index (χ3n) is 12.0. The van der Waals surface area contributed by atoms with Gasteiger partial charge in [-0.15, -0.1) is 10.2 Å². The summed E-state index contributed by atoms with van der Waals surface area (Å²) < 4.78 is 0. The lowest BCUT2D eigenvalue weighted by atomic mass is 9.59. The van der Waals surface area contributed by atoms with Crippen molar-refractivity contribution in [3.63, 3.8) is 0 Å². The molecule has 2 aliphatic heterocycles. The molecule has 1 atom stereocenters. The Balaban J connectivity index is 1.21. The molecule has 1 amide bonds. The standard InChI is InChI=1S/C47H48N6O/c1-3-4-29-43-48-45(2,37-19-9-5-10-20-37)44(54)53(43)34-35-30-32-36(33-31-35)41-27-17-18-28-42(41)47(49-51-52-50-47)46(38-21-11-6-12-22-38,39-23-13-7-14-24-39)40-25-15-8-16-26-40/h6-8,11-18,21-28,30-33,37H,3-5,9-10,19-20,29,34H2,1-2H3. The summed E-state index contributed by atoms with van der Waals surface area (Å²) in [4.78, 5) is 21.4. The fourth-order valence-electron chi connectivity index (χ4n) is 9.21. The van der Waals surface area contributed by atoms with Gasteiger partial charge in [-0.25, -0.2) is 0 Å². The lowest BCUT2D eigenvalue weighted by Gasteiger charge is -2.45. The predicted octanol–water partition coefficient (Wildman–Crippen LogP) is 11.6. The molecule has 0 radical (unpaired) electrons. The SMILES string of the molecule is CCCCC1=NC(C)(C2CCCCC2)C(=O)N1Cc1ccc(-c2ccccc2C2(C(c3ccccc3)(c3ccccc3)c3ccccc3)N=NN=N2)cc1. The number of carbonyl (C=O) groups excluding carboxylic acids is 1. The van der Waals surface area contributed by atoms with Gasteiger partial charge in [0, 0.05) is 12.0 Å². The number of carbonyl (C=O) groups is 1. The first-order valence-corrected chi connectivity index (χ1v) is 19.6. The topological polar surface area (TPSA) is 82.1 Å². The number of hydrogen-bond donors (Lipinski definition) is 0. The van der Waals surface area contributed by atoms with Crippen LogP contribution in [0.5, 0.6) is 0 Å². The van der Waals surface area contributed by atoms with Crippen molar-refractivity contribution in [3.05, 3.63) is 167 Å². The Bertz CT molecular complexity index is 2050. The summed E-state index contributed by atoms with van der Waals surface area (Å²) in [5.41, 5.74) is 4.21. The molecule has 5 aromatic rings. The van der Waals surface area contributed by atoms with Gasteiger partial charge in [-0.3, -0.25) is 14.7 Å². The minimum Gasteiger partial charge on any atom is -0.294 e. The zero-order valence-corrected chi connectivity index (χ0v) is 31.3. The lowest BCUT2D eigenvalue weighted by Crippen LogP contribution is -2.48. The maximum Gasteiger partial charge on any atom is 0.256 e. The van der Waals surface area contributed by atoms with Crippen LogP contribution in [0.2, 0.25) is 0 Å². The van der Waals surface area contributed by atoms with Crippen LogP contribution in [0.15, 0.2) is 165 Å². The lowest BCUT2D eigenvalue weighted by molar-refractivity contribution is -0.133. The van der Waals surface area contributed by atoms with Crippen molar-refractivity contribution in [3.8, 4) is 11.1 Å². The van der Waals surface area contributed by atoms with E-state index in [4.69, 9.17) is 15.2 Å². The van der Waals surface area contributed by atoms with E-state index in [1.807, 2.05) is 29.2 Å². The van der Waals surface area contributed by atoms with Gasteiger partial charge in [-0.2, -0.15) is 0 Å². The van der Waals surface area contributed by atoms with E-state index in [1.165, 1.54) is 19.3 Å². The molecular formula is C47H48N6O. The molecule has 1 saturated carbocycles. The van der Waals surface area contributed by atoms with Crippen molar-refractivity contribution in [1.82, 2.24) is 4.90 Å². The second-order valence-corrected chi connectivity index (χ2v) is 15.1. The molecule has 3 aliphatic rings. The normalized spacial score (nSPS) is 19.7. The van der Waals surface area contributed by atoms with Gasteiger partial charge in [0.15, 0.2) is 0 Å². The number of unbranched alkanes of at least 4 members (excludes halogenated alkanes) is 1. The van der Waals surface area contributed by atoms with Crippen molar-refractivity contribution in [2.75, 3.05) is 0 Å². The molecule has 0 spiro atoms. The molecule has 5 aromatic carbocycles. The summed E-state index contributed by atoms with van der Waals surface area (Å²) in [5.74, 6) is 1.42. The summed E-state index contributed by atoms with van der Waals surface area (Å²) >= 11 is 0. The third kappa shape index (κ3) is 6.00. The van der Waals surface area contributed by atoms with Gasteiger partial charge in [-0.05, 0) is 75.9 Å². The fourth-order valence-corrected chi connectivity index (χ4v) is 9.21. The molecule has 7 nitrogen and oxygen atoms in total. The van der Waals surface area contributed by atoms with Crippen LogP contribution in [-0.2, 0) is 22.4 Å². The van der Waals surface area contributed by atoms with Gasteiger partial charge in [0.2, 0.25) is 5.66 Å². The fraction of sp³-hybridized carbons (Fsp3) is 0.319. The number of amides is 1. The molecule has 0 bridgehead atoms. The van der Waals surface area contributed by atoms with Gasteiger partial charge >= 0.3 is 0 Å². The molecule has 54 heavy (non-hydrogen) atoms.